The standard InChI is InChI=1S/C56H36N2O/c1-2-15-36(16-3-1)58(50-27-14-24-46-41-19-10-13-28-51(41)59-56(46)50)49-34-33-38(54-52-42-20-4-6-22-44(42)53(55(49)54)45-23-7-5-21-43(45)52)35-29-31-37(32-30-35)57-47-25-11-8-17-39(47)40-18-9-12-26-48(40)57/h1-34,52-53H. The SMILES string of the molecule is c1ccc(N(c2ccc(-c3ccc(-n4c5ccccc5c5ccccc54)cc3)c3c2C2c4ccccc4C3c3ccccc32)c2cccc3c2oc2ccccc23)cc1. The monoisotopic (exact) mass is 752 g/mol. The maximum absolute atomic E-state index is 6.77. The van der Waals surface area contributed by atoms with Crippen LogP contribution >= 0.6 is 0 Å². The van der Waals surface area contributed by atoms with Crippen LogP contribution in [0.15, 0.2) is 211 Å². The van der Waals surface area contributed by atoms with Gasteiger partial charge in [-0.2, -0.15) is 0 Å². The van der Waals surface area contributed by atoms with E-state index in [0.29, 0.717) is 0 Å². The lowest BCUT2D eigenvalue weighted by Crippen LogP contribution is -2.30. The average Bonchev–Trinajstić information content (AvgIpc) is 3.86. The number of fused-ring (bicyclic) bond motifs is 6. The summed E-state index contributed by atoms with van der Waals surface area (Å²) in [5, 5.41) is 4.78. The largest absolute Gasteiger partial charge is 0.454 e. The molecule has 0 fully saturated rings. The lowest BCUT2D eigenvalue weighted by molar-refractivity contribution is 0.669. The van der Waals surface area contributed by atoms with E-state index in [-0.39, 0.29) is 11.8 Å². The minimum atomic E-state index is 0.0512. The molecule has 3 nitrogen and oxygen atoms in total. The van der Waals surface area contributed by atoms with Gasteiger partial charge in [0.05, 0.1) is 22.4 Å². The van der Waals surface area contributed by atoms with Crippen molar-refractivity contribution in [1.29, 1.82) is 0 Å². The first-order chi connectivity index (χ1) is 29.3. The first-order valence-corrected chi connectivity index (χ1v) is 20.5. The molecule has 0 N–H and O–H groups in total. The number of anilines is 3. The number of rotatable bonds is 5. The number of hydrogen-bond donors (Lipinski definition) is 0. The zero-order chi connectivity index (χ0) is 38.6. The van der Waals surface area contributed by atoms with E-state index in [1.165, 1.54) is 72.0 Å². The maximum Gasteiger partial charge on any atom is 0.159 e. The van der Waals surface area contributed by atoms with Gasteiger partial charge in [-0.05, 0) is 99.1 Å². The first-order valence-electron chi connectivity index (χ1n) is 20.5. The quantitative estimate of drug-likeness (QED) is 0.175. The molecular formula is C56H36N2O. The van der Waals surface area contributed by atoms with Crippen LogP contribution in [0.25, 0.3) is 60.6 Å². The highest BCUT2D eigenvalue weighted by atomic mass is 16.3. The van der Waals surface area contributed by atoms with Crippen LogP contribution in [0.1, 0.15) is 45.2 Å². The van der Waals surface area contributed by atoms with Crippen LogP contribution in [-0.2, 0) is 0 Å². The van der Waals surface area contributed by atoms with Gasteiger partial charge < -0.3 is 13.9 Å². The molecular weight excluding hydrogens is 717 g/mol. The predicted octanol–water partition coefficient (Wildman–Crippen LogP) is 14.8. The summed E-state index contributed by atoms with van der Waals surface area (Å²) in [6, 6.07) is 75.5. The zero-order valence-corrected chi connectivity index (χ0v) is 32.1. The number of para-hydroxylation sites is 5. The minimum Gasteiger partial charge on any atom is -0.454 e. The molecule has 0 atom stereocenters. The van der Waals surface area contributed by atoms with Crippen LogP contribution in [0.2, 0.25) is 0 Å². The number of furan rings is 1. The summed E-state index contributed by atoms with van der Waals surface area (Å²) in [5.74, 6) is 0.129. The third-order valence-corrected chi connectivity index (χ3v) is 13.0. The van der Waals surface area contributed by atoms with Gasteiger partial charge in [-0.25, -0.2) is 0 Å². The predicted molar refractivity (Wildman–Crippen MR) is 243 cm³/mol. The third-order valence-electron chi connectivity index (χ3n) is 13.0. The molecule has 276 valence electrons. The summed E-state index contributed by atoms with van der Waals surface area (Å²) in [6.45, 7) is 0. The van der Waals surface area contributed by atoms with E-state index in [1.54, 1.807) is 0 Å². The van der Waals surface area contributed by atoms with Crippen molar-refractivity contribution in [3.05, 3.63) is 240 Å². The Morgan fingerprint density at radius 3 is 1.59 bits per heavy atom. The van der Waals surface area contributed by atoms with Crippen molar-refractivity contribution in [2.75, 3.05) is 4.90 Å². The fraction of sp³-hybridized carbons (Fsp3) is 0.0357. The molecule has 0 spiro atoms. The number of benzene rings is 9. The van der Waals surface area contributed by atoms with Gasteiger partial charge in [0.1, 0.15) is 5.58 Å². The van der Waals surface area contributed by atoms with Gasteiger partial charge in [-0.1, -0.05) is 152 Å². The summed E-state index contributed by atoms with van der Waals surface area (Å²) >= 11 is 0. The Hall–Kier alpha value is -7.62. The van der Waals surface area contributed by atoms with Crippen molar-refractivity contribution >= 4 is 60.8 Å². The summed E-state index contributed by atoms with van der Waals surface area (Å²) in [6.07, 6.45) is 0. The first kappa shape index (κ1) is 32.5. The zero-order valence-electron chi connectivity index (χ0n) is 32.1. The van der Waals surface area contributed by atoms with Gasteiger partial charge in [0, 0.05) is 44.8 Å². The molecule has 0 saturated carbocycles. The van der Waals surface area contributed by atoms with Crippen molar-refractivity contribution in [3.63, 3.8) is 0 Å². The molecule has 2 aromatic heterocycles. The molecule has 14 rings (SSSR count). The Balaban J connectivity index is 1.07. The summed E-state index contributed by atoms with van der Waals surface area (Å²) in [7, 11) is 0. The van der Waals surface area contributed by atoms with Crippen molar-refractivity contribution in [1.82, 2.24) is 4.57 Å². The highest BCUT2D eigenvalue weighted by Crippen LogP contribution is 2.61. The number of nitrogens with zero attached hydrogens (tertiary/aromatic N) is 2. The van der Waals surface area contributed by atoms with Gasteiger partial charge >= 0.3 is 0 Å². The summed E-state index contributed by atoms with van der Waals surface area (Å²) in [5.41, 5.74) is 19.5. The molecule has 2 bridgehead atoms. The van der Waals surface area contributed by atoms with E-state index in [4.69, 9.17) is 4.42 Å². The summed E-state index contributed by atoms with van der Waals surface area (Å²) < 4.78 is 9.17. The fourth-order valence-corrected chi connectivity index (χ4v) is 10.6. The Morgan fingerprint density at radius 2 is 0.932 bits per heavy atom. The van der Waals surface area contributed by atoms with Crippen LogP contribution < -0.4 is 4.90 Å². The van der Waals surface area contributed by atoms with Crippen LogP contribution in [0.4, 0.5) is 17.1 Å². The fourth-order valence-electron chi connectivity index (χ4n) is 10.6. The molecule has 0 aliphatic heterocycles. The maximum atomic E-state index is 6.77. The molecule has 9 aromatic carbocycles. The molecule has 0 saturated heterocycles. The average molecular weight is 753 g/mol. The van der Waals surface area contributed by atoms with Crippen LogP contribution in [0.5, 0.6) is 0 Å². The van der Waals surface area contributed by atoms with Crippen LogP contribution in [-0.4, -0.2) is 4.57 Å². The lowest BCUT2D eigenvalue weighted by Gasteiger charge is -2.45. The molecule has 0 radical (unpaired) electrons. The molecule has 3 aliphatic carbocycles. The van der Waals surface area contributed by atoms with E-state index < -0.39 is 0 Å². The lowest BCUT2D eigenvalue weighted by atomic mass is 9.59. The van der Waals surface area contributed by atoms with Gasteiger partial charge in [-0.3, -0.25) is 0 Å². The Bertz CT molecular complexity index is 3360. The topological polar surface area (TPSA) is 21.3 Å². The molecule has 3 aliphatic rings. The molecule has 0 amide bonds. The van der Waals surface area contributed by atoms with Crippen molar-refractivity contribution < 1.29 is 4.42 Å². The molecule has 11 aromatic rings. The number of hydrogen-bond acceptors (Lipinski definition) is 2. The highest BCUT2D eigenvalue weighted by molar-refractivity contribution is 6.11. The second kappa shape index (κ2) is 12.4. The van der Waals surface area contributed by atoms with Crippen molar-refractivity contribution in [3.8, 4) is 16.8 Å². The molecule has 3 heteroatoms. The van der Waals surface area contributed by atoms with Crippen molar-refractivity contribution in [2.45, 2.75) is 11.8 Å². The number of aromatic nitrogens is 1. The van der Waals surface area contributed by atoms with E-state index >= 15 is 0 Å². The van der Waals surface area contributed by atoms with Gasteiger partial charge in [0.25, 0.3) is 0 Å². The smallest absolute Gasteiger partial charge is 0.159 e. The van der Waals surface area contributed by atoms with E-state index in [1.807, 2.05) is 0 Å². The van der Waals surface area contributed by atoms with Crippen LogP contribution in [0.3, 0.4) is 0 Å². The van der Waals surface area contributed by atoms with E-state index in [9.17, 15) is 0 Å². The van der Waals surface area contributed by atoms with Crippen LogP contribution in [0, 0.1) is 0 Å². The molecule has 2 heterocycles. The van der Waals surface area contributed by atoms with E-state index in [2.05, 4.69) is 216 Å². The second-order valence-corrected chi connectivity index (χ2v) is 15.9. The Morgan fingerprint density at radius 1 is 0.390 bits per heavy atom. The minimum absolute atomic E-state index is 0.0512. The molecule has 59 heavy (non-hydrogen) atoms. The highest BCUT2D eigenvalue weighted by Gasteiger charge is 2.44. The Kier molecular flexibility index (Phi) is 6.84. The second-order valence-electron chi connectivity index (χ2n) is 15.9. The summed E-state index contributed by atoms with van der Waals surface area (Å²) in [4.78, 5) is 2.45. The van der Waals surface area contributed by atoms with Gasteiger partial charge in [0.2, 0.25) is 0 Å². The Labute approximate surface area is 341 Å². The van der Waals surface area contributed by atoms with Gasteiger partial charge in [-0.15, -0.1) is 0 Å². The van der Waals surface area contributed by atoms with Gasteiger partial charge in [0.15, 0.2) is 5.58 Å². The third kappa shape index (κ3) is 4.58. The van der Waals surface area contributed by atoms with E-state index in [0.717, 1.165) is 39.0 Å². The molecule has 0 unspecified atom stereocenters. The van der Waals surface area contributed by atoms with Crippen molar-refractivity contribution in [2.24, 2.45) is 0 Å². The normalized spacial score (nSPS) is 15.1.